The summed E-state index contributed by atoms with van der Waals surface area (Å²) < 4.78 is 6.03. The van der Waals surface area contributed by atoms with Gasteiger partial charge in [-0.2, -0.15) is 5.06 Å². The molecule has 6 heteroatoms. The second-order valence-corrected chi connectivity index (χ2v) is 16.6. The largest absolute Gasteiger partial charge is 0.480 e. The highest BCUT2D eigenvalue weighted by atomic mass is 28.4. The number of carboxylic acid groups (broad SMARTS) is 1. The lowest BCUT2D eigenvalue weighted by Crippen LogP contribution is -2.66. The zero-order chi connectivity index (χ0) is 13.5. The molecule has 1 atom stereocenters. The zero-order valence-electron chi connectivity index (χ0n) is 11.8. The fraction of sp³-hybridized carbons (Fsp3) is 0.909. The van der Waals surface area contributed by atoms with E-state index in [1.165, 1.54) is 0 Å². The Morgan fingerprint density at radius 2 is 1.76 bits per heavy atom. The molecule has 0 aliphatic carbocycles. The molecule has 1 aliphatic rings. The van der Waals surface area contributed by atoms with Crippen LogP contribution in [0.2, 0.25) is 39.3 Å². The maximum absolute atomic E-state index is 11.8. The molecule has 1 saturated heterocycles. The monoisotopic (exact) mass is 275 g/mol. The van der Waals surface area contributed by atoms with Crippen LogP contribution in [-0.4, -0.2) is 44.2 Å². The van der Waals surface area contributed by atoms with Gasteiger partial charge in [-0.3, -0.25) is 4.79 Å². The molecule has 0 bridgehead atoms. The molecule has 100 valence electrons. The van der Waals surface area contributed by atoms with Gasteiger partial charge in [-0.25, -0.2) is 0 Å². The van der Waals surface area contributed by atoms with Crippen LogP contribution in [-0.2, 0) is 9.32 Å². The molecule has 1 heterocycles. The summed E-state index contributed by atoms with van der Waals surface area (Å²) >= 11 is 0. The summed E-state index contributed by atoms with van der Waals surface area (Å²) in [5, 5.41) is 10.8. The molecular weight excluding hydrogens is 250 g/mol. The summed E-state index contributed by atoms with van der Waals surface area (Å²) in [6.45, 7) is 13.4. The molecule has 4 nitrogen and oxygen atoms in total. The van der Waals surface area contributed by atoms with Gasteiger partial charge in [-0.05, 0) is 32.5 Å². The van der Waals surface area contributed by atoms with Crippen molar-refractivity contribution in [3.63, 3.8) is 0 Å². The Morgan fingerprint density at radius 1 is 1.24 bits per heavy atom. The van der Waals surface area contributed by atoms with Crippen molar-refractivity contribution in [3.8, 4) is 0 Å². The molecule has 1 rings (SSSR count). The van der Waals surface area contributed by atoms with E-state index in [0.717, 1.165) is 19.4 Å². The van der Waals surface area contributed by atoms with Crippen molar-refractivity contribution in [2.75, 3.05) is 6.54 Å². The highest BCUT2D eigenvalue weighted by Crippen LogP contribution is 2.39. The van der Waals surface area contributed by atoms with Gasteiger partial charge in [-0.1, -0.05) is 19.6 Å². The van der Waals surface area contributed by atoms with Crippen LogP contribution in [0.15, 0.2) is 0 Å². The molecule has 0 radical (unpaired) electrons. The van der Waals surface area contributed by atoms with E-state index in [2.05, 4.69) is 39.3 Å². The number of aliphatic carboxylic acids is 1. The molecule has 0 saturated carbocycles. The van der Waals surface area contributed by atoms with Gasteiger partial charge in [0.15, 0.2) is 0 Å². The number of carboxylic acids is 1. The third kappa shape index (κ3) is 2.81. The van der Waals surface area contributed by atoms with Crippen LogP contribution in [0.3, 0.4) is 0 Å². The van der Waals surface area contributed by atoms with Crippen molar-refractivity contribution < 1.29 is 14.4 Å². The Hall–Kier alpha value is -0.176. The lowest BCUT2D eigenvalue weighted by molar-refractivity contribution is -0.164. The number of carbonyl (C=O) groups is 1. The third-order valence-electron chi connectivity index (χ3n) is 3.30. The van der Waals surface area contributed by atoms with Gasteiger partial charge in [0.05, 0.1) is 8.07 Å². The van der Waals surface area contributed by atoms with E-state index in [1.807, 2.05) is 5.06 Å². The average Bonchev–Trinajstić information content (AvgIpc) is 2.43. The Morgan fingerprint density at radius 3 is 2.12 bits per heavy atom. The lowest BCUT2D eigenvalue weighted by atomic mass is 10.2. The Labute approximate surface area is 106 Å². The normalized spacial score (nSPS) is 27.4. The zero-order valence-corrected chi connectivity index (χ0v) is 13.8. The highest BCUT2D eigenvalue weighted by molar-refractivity contribution is 6.82. The van der Waals surface area contributed by atoms with Crippen LogP contribution in [0.4, 0.5) is 0 Å². The summed E-state index contributed by atoms with van der Waals surface area (Å²) in [4.78, 5) is 11.8. The molecule has 0 amide bonds. The summed E-state index contributed by atoms with van der Waals surface area (Å²) in [6.07, 6.45) is 1.64. The average molecular weight is 275 g/mol. The van der Waals surface area contributed by atoms with Crippen molar-refractivity contribution in [1.29, 1.82) is 0 Å². The van der Waals surface area contributed by atoms with Crippen molar-refractivity contribution in [2.45, 2.75) is 57.3 Å². The first-order chi connectivity index (χ1) is 7.51. The fourth-order valence-electron chi connectivity index (χ4n) is 2.53. The van der Waals surface area contributed by atoms with Crippen LogP contribution < -0.4 is 0 Å². The number of hydroxylamine groups is 2. The minimum absolute atomic E-state index is 0.701. The van der Waals surface area contributed by atoms with E-state index in [4.69, 9.17) is 4.53 Å². The van der Waals surface area contributed by atoms with Gasteiger partial charge in [-0.15, -0.1) is 0 Å². The SMILES string of the molecule is C[Si](C)(C)ON1CCCC1(C(=O)O)[Si](C)(C)C. The number of nitrogens with zero attached hydrogens (tertiary/aromatic N) is 1. The third-order valence-corrected chi connectivity index (χ3v) is 7.27. The topological polar surface area (TPSA) is 49.8 Å². The van der Waals surface area contributed by atoms with Gasteiger partial charge >= 0.3 is 5.97 Å². The molecule has 0 aromatic carbocycles. The number of hydrogen-bond acceptors (Lipinski definition) is 3. The predicted molar refractivity (Wildman–Crippen MR) is 74.1 cm³/mol. The second kappa shape index (κ2) is 4.49. The number of hydrogen-bond donors (Lipinski definition) is 1. The van der Waals surface area contributed by atoms with E-state index in [0.29, 0.717) is 0 Å². The molecule has 0 spiro atoms. The second-order valence-electron chi connectivity index (χ2n) is 6.82. The lowest BCUT2D eigenvalue weighted by Gasteiger charge is -2.44. The van der Waals surface area contributed by atoms with E-state index >= 15 is 0 Å². The van der Waals surface area contributed by atoms with Gasteiger partial charge in [0.25, 0.3) is 0 Å². The van der Waals surface area contributed by atoms with Gasteiger partial charge < -0.3 is 9.63 Å². The van der Waals surface area contributed by atoms with Crippen molar-refractivity contribution in [3.05, 3.63) is 0 Å². The minimum Gasteiger partial charge on any atom is -0.480 e. The highest BCUT2D eigenvalue weighted by Gasteiger charge is 2.58. The van der Waals surface area contributed by atoms with Crippen molar-refractivity contribution in [2.24, 2.45) is 0 Å². The molecule has 17 heavy (non-hydrogen) atoms. The van der Waals surface area contributed by atoms with Crippen LogP contribution in [0.25, 0.3) is 0 Å². The quantitative estimate of drug-likeness (QED) is 0.801. The van der Waals surface area contributed by atoms with Gasteiger partial charge in [0.2, 0.25) is 8.32 Å². The molecule has 1 fully saturated rings. The molecule has 0 aromatic rings. The van der Waals surface area contributed by atoms with E-state index in [1.54, 1.807) is 0 Å². The molecular formula is C11H25NO3Si2. The smallest absolute Gasteiger partial charge is 0.323 e. The molecule has 1 aliphatic heterocycles. The van der Waals surface area contributed by atoms with Crippen LogP contribution in [0.1, 0.15) is 12.8 Å². The van der Waals surface area contributed by atoms with E-state index in [9.17, 15) is 9.90 Å². The van der Waals surface area contributed by atoms with Gasteiger partial charge in [0.1, 0.15) is 5.16 Å². The fourth-order valence-corrected chi connectivity index (χ4v) is 6.01. The Balaban J connectivity index is 3.09. The van der Waals surface area contributed by atoms with E-state index < -0.39 is 27.5 Å². The first kappa shape index (κ1) is 14.9. The summed E-state index contributed by atoms with van der Waals surface area (Å²) in [7, 11) is -3.63. The molecule has 0 aromatic heterocycles. The molecule has 1 unspecified atom stereocenters. The van der Waals surface area contributed by atoms with Crippen LogP contribution >= 0.6 is 0 Å². The standard InChI is InChI=1S/C11H25NO3Si2/c1-16(2,3)11(10(13)14)8-7-9-12(11)15-17(4,5)6/h7-9H2,1-6H3,(H,13,14). The van der Waals surface area contributed by atoms with Crippen LogP contribution in [0.5, 0.6) is 0 Å². The van der Waals surface area contributed by atoms with E-state index in [-0.39, 0.29) is 0 Å². The minimum atomic E-state index is -1.88. The maximum atomic E-state index is 11.8. The first-order valence-corrected chi connectivity index (χ1v) is 13.1. The predicted octanol–water partition coefficient (Wildman–Crippen LogP) is 2.55. The Bertz CT molecular complexity index is 309. The summed E-state index contributed by atoms with van der Waals surface area (Å²) in [5.41, 5.74) is 0. The van der Waals surface area contributed by atoms with Crippen molar-refractivity contribution >= 4 is 22.4 Å². The maximum Gasteiger partial charge on any atom is 0.323 e. The number of rotatable bonds is 4. The van der Waals surface area contributed by atoms with Crippen molar-refractivity contribution in [1.82, 2.24) is 5.06 Å². The summed E-state index contributed by atoms with van der Waals surface area (Å²) in [5.74, 6) is -0.701. The Kier molecular flexibility index (Phi) is 3.93. The molecule has 1 N–H and O–H groups in total. The summed E-state index contributed by atoms with van der Waals surface area (Å²) in [6, 6.07) is 0. The first-order valence-electron chi connectivity index (χ1n) is 6.21. The van der Waals surface area contributed by atoms with Crippen LogP contribution in [0, 0.1) is 0 Å². The van der Waals surface area contributed by atoms with Gasteiger partial charge in [0, 0.05) is 6.54 Å².